The number of ether oxygens (including phenoxy) is 1. The lowest BCUT2D eigenvalue weighted by Crippen LogP contribution is -2.48. The fourth-order valence-electron chi connectivity index (χ4n) is 3.74. The number of carbonyl (C=O) groups excluding carboxylic acids is 1. The lowest BCUT2D eigenvalue weighted by Gasteiger charge is -2.34. The molecule has 1 amide bonds. The summed E-state index contributed by atoms with van der Waals surface area (Å²) in [7, 11) is 0. The summed E-state index contributed by atoms with van der Waals surface area (Å²) in [5, 5.41) is 3.24. The van der Waals surface area contributed by atoms with Gasteiger partial charge < -0.3 is 9.64 Å². The summed E-state index contributed by atoms with van der Waals surface area (Å²) in [6, 6.07) is 6.17. The molecule has 6 heteroatoms. The summed E-state index contributed by atoms with van der Waals surface area (Å²) in [5.74, 6) is 1.20. The Hall–Kier alpha value is -1.92. The van der Waals surface area contributed by atoms with Crippen LogP contribution in [0.2, 0.25) is 0 Å². The second kappa shape index (κ2) is 7.37. The SMILES string of the molecule is Cc1nc(CN2CCN(C(=O)Cc3ccc4c(c3)C[C@@H](C)O4)CC2)cs1. The maximum Gasteiger partial charge on any atom is 0.227 e. The minimum absolute atomic E-state index is 0.223. The van der Waals surface area contributed by atoms with Crippen LogP contribution >= 0.6 is 11.3 Å². The monoisotopic (exact) mass is 371 g/mol. The molecule has 138 valence electrons. The third-order valence-electron chi connectivity index (χ3n) is 5.09. The molecule has 2 aliphatic heterocycles. The largest absolute Gasteiger partial charge is 0.490 e. The number of aromatic nitrogens is 1. The van der Waals surface area contributed by atoms with Gasteiger partial charge >= 0.3 is 0 Å². The third-order valence-corrected chi connectivity index (χ3v) is 5.92. The lowest BCUT2D eigenvalue weighted by molar-refractivity contribution is -0.132. The molecular weight excluding hydrogens is 346 g/mol. The topological polar surface area (TPSA) is 45.7 Å². The predicted octanol–water partition coefficient (Wildman–Crippen LogP) is 2.66. The molecule has 5 nitrogen and oxygen atoms in total. The van der Waals surface area contributed by atoms with E-state index in [1.165, 1.54) is 5.56 Å². The van der Waals surface area contributed by atoms with E-state index in [-0.39, 0.29) is 12.0 Å². The van der Waals surface area contributed by atoms with Gasteiger partial charge in [-0.3, -0.25) is 9.69 Å². The average Bonchev–Trinajstić information content (AvgIpc) is 3.19. The number of aryl methyl sites for hydroxylation is 1. The number of amides is 1. The van der Waals surface area contributed by atoms with Gasteiger partial charge in [-0.05, 0) is 31.0 Å². The summed E-state index contributed by atoms with van der Waals surface area (Å²) in [6.07, 6.45) is 1.66. The second-order valence-electron chi connectivity index (χ2n) is 7.27. The molecule has 26 heavy (non-hydrogen) atoms. The molecule has 1 aromatic heterocycles. The summed E-state index contributed by atoms with van der Waals surface area (Å²) in [4.78, 5) is 21.6. The van der Waals surface area contributed by atoms with Crippen LogP contribution in [0.25, 0.3) is 0 Å². The van der Waals surface area contributed by atoms with Crippen LogP contribution in [0, 0.1) is 6.92 Å². The molecule has 0 N–H and O–H groups in total. The Morgan fingerprint density at radius 1 is 1.31 bits per heavy atom. The summed E-state index contributed by atoms with van der Waals surface area (Å²) < 4.78 is 5.74. The number of nitrogens with zero attached hydrogens (tertiary/aromatic N) is 3. The summed E-state index contributed by atoms with van der Waals surface area (Å²) in [5.41, 5.74) is 3.46. The van der Waals surface area contributed by atoms with Crippen molar-refractivity contribution in [1.82, 2.24) is 14.8 Å². The van der Waals surface area contributed by atoms with E-state index >= 15 is 0 Å². The van der Waals surface area contributed by atoms with E-state index in [1.807, 2.05) is 24.0 Å². The Balaban J connectivity index is 1.29. The Morgan fingerprint density at radius 2 is 2.12 bits per heavy atom. The van der Waals surface area contributed by atoms with Crippen LogP contribution < -0.4 is 4.74 Å². The fraction of sp³-hybridized carbons (Fsp3) is 0.500. The third kappa shape index (κ3) is 3.91. The summed E-state index contributed by atoms with van der Waals surface area (Å²) >= 11 is 1.70. The maximum atomic E-state index is 12.7. The van der Waals surface area contributed by atoms with Crippen LogP contribution in [0.3, 0.4) is 0 Å². The van der Waals surface area contributed by atoms with Crippen molar-refractivity contribution < 1.29 is 9.53 Å². The van der Waals surface area contributed by atoms with Gasteiger partial charge in [-0.2, -0.15) is 0 Å². The molecule has 0 bridgehead atoms. The molecule has 0 radical (unpaired) electrons. The number of benzene rings is 1. The molecule has 1 fully saturated rings. The Morgan fingerprint density at radius 3 is 2.85 bits per heavy atom. The van der Waals surface area contributed by atoms with Crippen LogP contribution in [0.15, 0.2) is 23.6 Å². The minimum Gasteiger partial charge on any atom is -0.490 e. The zero-order valence-corrected chi connectivity index (χ0v) is 16.2. The van der Waals surface area contributed by atoms with Crippen LogP contribution in [0.4, 0.5) is 0 Å². The molecule has 0 spiro atoms. The van der Waals surface area contributed by atoms with Crippen molar-refractivity contribution in [1.29, 1.82) is 0 Å². The van der Waals surface area contributed by atoms with Crippen LogP contribution in [0.1, 0.15) is 28.8 Å². The van der Waals surface area contributed by atoms with Gasteiger partial charge in [-0.15, -0.1) is 11.3 Å². The van der Waals surface area contributed by atoms with Crippen molar-refractivity contribution in [3.05, 3.63) is 45.4 Å². The van der Waals surface area contributed by atoms with Crippen molar-refractivity contribution in [2.75, 3.05) is 26.2 Å². The molecule has 0 unspecified atom stereocenters. The number of thiazole rings is 1. The quantitative estimate of drug-likeness (QED) is 0.829. The summed E-state index contributed by atoms with van der Waals surface area (Å²) in [6.45, 7) is 8.43. The molecule has 2 aromatic rings. The molecule has 1 saturated heterocycles. The van der Waals surface area contributed by atoms with E-state index in [0.717, 1.165) is 61.2 Å². The van der Waals surface area contributed by atoms with Crippen LogP contribution in [0.5, 0.6) is 5.75 Å². The van der Waals surface area contributed by atoms with Gasteiger partial charge in [0.2, 0.25) is 5.91 Å². The Labute approximate surface area is 158 Å². The van der Waals surface area contributed by atoms with Gasteiger partial charge in [0.15, 0.2) is 0 Å². The molecule has 4 rings (SSSR count). The fourth-order valence-corrected chi connectivity index (χ4v) is 4.34. The van der Waals surface area contributed by atoms with E-state index in [9.17, 15) is 4.79 Å². The first kappa shape index (κ1) is 17.5. The minimum atomic E-state index is 0.223. The predicted molar refractivity (Wildman–Crippen MR) is 103 cm³/mol. The highest BCUT2D eigenvalue weighted by molar-refractivity contribution is 7.09. The molecule has 2 aliphatic rings. The van der Waals surface area contributed by atoms with Crippen molar-refractivity contribution in [2.45, 2.75) is 39.3 Å². The van der Waals surface area contributed by atoms with Crippen molar-refractivity contribution in [2.24, 2.45) is 0 Å². The average molecular weight is 372 g/mol. The first-order valence-corrected chi connectivity index (χ1v) is 10.1. The van der Waals surface area contributed by atoms with Crippen LogP contribution in [-0.4, -0.2) is 53.0 Å². The van der Waals surface area contributed by atoms with Gasteiger partial charge in [0.25, 0.3) is 0 Å². The smallest absolute Gasteiger partial charge is 0.227 e. The zero-order valence-electron chi connectivity index (χ0n) is 15.4. The molecule has 1 atom stereocenters. The molecule has 3 heterocycles. The molecule has 0 saturated carbocycles. The highest BCUT2D eigenvalue weighted by Gasteiger charge is 2.23. The number of hydrogen-bond acceptors (Lipinski definition) is 5. The van der Waals surface area contributed by atoms with Crippen LogP contribution in [-0.2, 0) is 24.2 Å². The van der Waals surface area contributed by atoms with Crippen molar-refractivity contribution >= 4 is 17.2 Å². The number of rotatable bonds is 4. The first-order valence-electron chi connectivity index (χ1n) is 9.26. The number of piperazine rings is 1. The van der Waals surface area contributed by atoms with Gasteiger partial charge in [-0.25, -0.2) is 4.98 Å². The maximum absolute atomic E-state index is 12.7. The molecular formula is C20H25N3O2S. The molecule has 1 aromatic carbocycles. The Kier molecular flexibility index (Phi) is 4.96. The number of carbonyl (C=O) groups is 1. The van der Waals surface area contributed by atoms with Crippen molar-refractivity contribution in [3.63, 3.8) is 0 Å². The number of fused-ring (bicyclic) bond motifs is 1. The zero-order chi connectivity index (χ0) is 18.1. The normalized spacial score (nSPS) is 20.1. The lowest BCUT2D eigenvalue weighted by atomic mass is 10.0. The van der Waals surface area contributed by atoms with E-state index in [1.54, 1.807) is 11.3 Å². The second-order valence-corrected chi connectivity index (χ2v) is 8.33. The molecule has 0 aliphatic carbocycles. The highest BCUT2D eigenvalue weighted by Crippen LogP contribution is 2.29. The van der Waals surface area contributed by atoms with Gasteiger partial charge in [0.1, 0.15) is 11.9 Å². The van der Waals surface area contributed by atoms with E-state index in [4.69, 9.17) is 4.74 Å². The Bertz CT molecular complexity index is 796. The van der Waals surface area contributed by atoms with Gasteiger partial charge in [0.05, 0.1) is 17.1 Å². The highest BCUT2D eigenvalue weighted by atomic mass is 32.1. The standard InChI is InChI=1S/C20H25N3O2S/c1-14-9-17-10-16(3-4-19(17)25-14)11-20(24)23-7-5-22(6-8-23)12-18-13-26-15(2)21-18/h3-4,10,13-14H,5-9,11-12H2,1-2H3/t14-/m1/s1. The first-order chi connectivity index (χ1) is 12.6. The van der Waals surface area contributed by atoms with E-state index in [2.05, 4.69) is 28.3 Å². The van der Waals surface area contributed by atoms with Crippen molar-refractivity contribution in [3.8, 4) is 5.75 Å². The van der Waals surface area contributed by atoms with Gasteiger partial charge in [0, 0.05) is 44.5 Å². The number of hydrogen-bond donors (Lipinski definition) is 0. The van der Waals surface area contributed by atoms with E-state index in [0.29, 0.717) is 6.42 Å². The van der Waals surface area contributed by atoms with Gasteiger partial charge in [-0.1, -0.05) is 12.1 Å². The van der Waals surface area contributed by atoms with E-state index < -0.39 is 0 Å².